The Balaban J connectivity index is 1.50. The molecule has 2 heterocycles. The highest BCUT2D eigenvalue weighted by Crippen LogP contribution is 2.20. The average Bonchev–Trinajstić information content (AvgIpc) is 3.43. The van der Waals surface area contributed by atoms with Gasteiger partial charge in [0, 0.05) is 30.0 Å². The first-order valence-corrected chi connectivity index (χ1v) is 11.8. The van der Waals surface area contributed by atoms with Gasteiger partial charge in [-0.3, -0.25) is 14.4 Å². The van der Waals surface area contributed by atoms with Gasteiger partial charge in [-0.05, 0) is 52.4 Å². The highest BCUT2D eigenvalue weighted by molar-refractivity contribution is 6.30. The number of nitrogens with zero attached hydrogens (tertiary/aromatic N) is 5. The summed E-state index contributed by atoms with van der Waals surface area (Å²) in [4.78, 5) is 41.3. The molecule has 2 aromatic carbocycles. The number of carbonyl (C=O) groups is 3. The van der Waals surface area contributed by atoms with Gasteiger partial charge in [0.2, 0.25) is 17.7 Å². The van der Waals surface area contributed by atoms with E-state index in [0.717, 1.165) is 5.56 Å². The quantitative estimate of drug-likeness (QED) is 0.282. The third kappa shape index (κ3) is 7.31. The lowest BCUT2D eigenvalue weighted by Crippen LogP contribution is -2.44. The van der Waals surface area contributed by atoms with Crippen LogP contribution in [0.3, 0.4) is 0 Å². The zero-order valence-electron chi connectivity index (χ0n) is 20.2. The van der Waals surface area contributed by atoms with Crippen LogP contribution in [-0.4, -0.2) is 49.0 Å². The van der Waals surface area contributed by atoms with Crippen LogP contribution < -0.4 is 16.0 Å². The molecule has 0 saturated heterocycles. The molecular formula is C26H23ClN8O3. The van der Waals surface area contributed by atoms with E-state index in [4.69, 9.17) is 11.6 Å². The third-order valence-corrected chi connectivity index (χ3v) is 5.49. The number of aromatic nitrogens is 5. The summed E-state index contributed by atoms with van der Waals surface area (Å²) in [5.41, 5.74) is 2.51. The van der Waals surface area contributed by atoms with E-state index in [1.54, 1.807) is 36.4 Å². The van der Waals surface area contributed by atoms with Gasteiger partial charge < -0.3 is 16.0 Å². The van der Waals surface area contributed by atoms with Gasteiger partial charge in [0.1, 0.15) is 18.2 Å². The van der Waals surface area contributed by atoms with Crippen molar-refractivity contribution < 1.29 is 14.4 Å². The van der Waals surface area contributed by atoms with Gasteiger partial charge in [-0.1, -0.05) is 41.9 Å². The Labute approximate surface area is 222 Å². The number of tetrazole rings is 1. The van der Waals surface area contributed by atoms with Crippen LogP contribution in [0.1, 0.15) is 18.1 Å². The topological polar surface area (TPSA) is 144 Å². The molecule has 1 atom stereocenters. The van der Waals surface area contributed by atoms with Gasteiger partial charge in [-0.2, -0.15) is 4.68 Å². The fourth-order valence-electron chi connectivity index (χ4n) is 3.54. The Bertz CT molecular complexity index is 1440. The van der Waals surface area contributed by atoms with Crippen LogP contribution in [0.25, 0.3) is 11.8 Å². The normalized spacial score (nSPS) is 11.6. The fraction of sp³-hybridized carbons (Fsp3) is 0.115. The summed E-state index contributed by atoms with van der Waals surface area (Å²) < 4.78 is 1.45. The second-order valence-corrected chi connectivity index (χ2v) is 8.58. The largest absolute Gasteiger partial charge is 0.340 e. The average molecular weight is 531 g/mol. The maximum atomic E-state index is 13.2. The molecule has 0 bridgehead atoms. The standard InChI is InChI=1S/C26H23ClN8O3/c1-17(36)30-24-11-9-21(15-28-24)31-26(38)22(13-18-5-3-2-4-6-18)32-25(37)12-7-19-14-20(27)8-10-23(19)35-16-29-33-34-35/h2-12,14-16,22H,13H2,1H3,(H,31,38)(H,32,37)(H,28,30,36)/t22-/m0/s1. The first kappa shape index (κ1) is 26.2. The Morgan fingerprint density at radius 2 is 1.87 bits per heavy atom. The van der Waals surface area contributed by atoms with Gasteiger partial charge in [0.05, 0.1) is 17.6 Å². The monoisotopic (exact) mass is 530 g/mol. The number of hydrogen-bond acceptors (Lipinski definition) is 7. The number of halogens is 1. The first-order chi connectivity index (χ1) is 18.4. The van der Waals surface area contributed by atoms with Crippen LogP contribution in [0.15, 0.2) is 79.3 Å². The molecule has 0 aliphatic heterocycles. The van der Waals surface area contributed by atoms with E-state index in [1.807, 2.05) is 30.3 Å². The van der Waals surface area contributed by atoms with Crippen molar-refractivity contribution in [1.29, 1.82) is 0 Å². The molecule has 12 heteroatoms. The first-order valence-electron chi connectivity index (χ1n) is 11.5. The zero-order chi connectivity index (χ0) is 26.9. The van der Waals surface area contributed by atoms with Gasteiger partial charge in [0.15, 0.2) is 0 Å². The number of carbonyl (C=O) groups excluding carboxylic acids is 3. The minimum absolute atomic E-state index is 0.254. The molecule has 0 aliphatic rings. The second-order valence-electron chi connectivity index (χ2n) is 8.14. The number of anilines is 2. The number of hydrogen-bond donors (Lipinski definition) is 3. The van der Waals surface area contributed by atoms with Crippen molar-refractivity contribution in [2.24, 2.45) is 0 Å². The van der Waals surface area contributed by atoms with E-state index in [2.05, 4.69) is 36.5 Å². The summed E-state index contributed by atoms with van der Waals surface area (Å²) in [6.45, 7) is 1.38. The lowest BCUT2D eigenvalue weighted by molar-refractivity contribution is -0.123. The number of rotatable bonds is 9. The summed E-state index contributed by atoms with van der Waals surface area (Å²) in [7, 11) is 0. The van der Waals surface area contributed by atoms with Crippen molar-refractivity contribution >= 4 is 46.9 Å². The zero-order valence-corrected chi connectivity index (χ0v) is 21.0. The molecule has 0 unspecified atom stereocenters. The number of benzene rings is 2. The van der Waals surface area contributed by atoms with E-state index >= 15 is 0 Å². The molecule has 3 amide bonds. The van der Waals surface area contributed by atoms with Crippen LogP contribution >= 0.6 is 11.6 Å². The van der Waals surface area contributed by atoms with Crippen LogP contribution in [0.2, 0.25) is 5.02 Å². The minimum atomic E-state index is -0.886. The molecule has 0 radical (unpaired) electrons. The van der Waals surface area contributed by atoms with Crippen molar-refractivity contribution in [2.45, 2.75) is 19.4 Å². The lowest BCUT2D eigenvalue weighted by atomic mass is 10.0. The summed E-state index contributed by atoms with van der Waals surface area (Å²) in [5.74, 6) is -0.808. The molecule has 0 fully saturated rings. The van der Waals surface area contributed by atoms with Crippen LogP contribution in [0, 0.1) is 0 Å². The maximum Gasteiger partial charge on any atom is 0.247 e. The van der Waals surface area contributed by atoms with E-state index < -0.39 is 17.9 Å². The van der Waals surface area contributed by atoms with Crippen molar-refractivity contribution in [3.63, 3.8) is 0 Å². The predicted molar refractivity (Wildman–Crippen MR) is 142 cm³/mol. The molecule has 2 aromatic heterocycles. The molecule has 192 valence electrons. The van der Waals surface area contributed by atoms with Crippen molar-refractivity contribution in [2.75, 3.05) is 10.6 Å². The SMILES string of the molecule is CC(=O)Nc1ccc(NC(=O)[C@H](Cc2ccccc2)NC(=O)C=Cc2cc(Cl)ccc2-n2cnnn2)cn1. The number of amides is 3. The molecule has 4 aromatic rings. The smallest absolute Gasteiger partial charge is 0.247 e. The van der Waals surface area contributed by atoms with Crippen LogP contribution in [-0.2, 0) is 20.8 Å². The Morgan fingerprint density at radius 3 is 2.55 bits per heavy atom. The minimum Gasteiger partial charge on any atom is -0.340 e. The van der Waals surface area contributed by atoms with Crippen molar-refractivity contribution in [1.82, 2.24) is 30.5 Å². The molecule has 3 N–H and O–H groups in total. The van der Waals surface area contributed by atoms with Gasteiger partial charge in [-0.25, -0.2) is 4.98 Å². The molecule has 0 saturated carbocycles. The predicted octanol–water partition coefficient (Wildman–Crippen LogP) is 3.05. The highest BCUT2D eigenvalue weighted by Gasteiger charge is 2.21. The van der Waals surface area contributed by atoms with E-state index in [0.29, 0.717) is 27.8 Å². The molecule has 38 heavy (non-hydrogen) atoms. The van der Waals surface area contributed by atoms with E-state index in [1.165, 1.54) is 30.2 Å². The number of pyridine rings is 1. The van der Waals surface area contributed by atoms with Gasteiger partial charge in [0.25, 0.3) is 0 Å². The van der Waals surface area contributed by atoms with E-state index in [-0.39, 0.29) is 12.3 Å². The molecule has 0 aliphatic carbocycles. The van der Waals surface area contributed by atoms with E-state index in [9.17, 15) is 14.4 Å². The second kappa shape index (κ2) is 12.4. The van der Waals surface area contributed by atoms with Gasteiger partial charge in [-0.15, -0.1) is 5.10 Å². The van der Waals surface area contributed by atoms with Crippen molar-refractivity contribution in [3.8, 4) is 5.69 Å². The number of nitrogens with one attached hydrogen (secondary N) is 3. The summed E-state index contributed by atoms with van der Waals surface area (Å²) in [5, 5.41) is 19.7. The van der Waals surface area contributed by atoms with Crippen LogP contribution in [0.4, 0.5) is 11.5 Å². The molecule has 11 nitrogen and oxygen atoms in total. The Morgan fingerprint density at radius 1 is 1.05 bits per heavy atom. The Kier molecular flexibility index (Phi) is 8.52. The highest BCUT2D eigenvalue weighted by atomic mass is 35.5. The maximum absolute atomic E-state index is 13.2. The fourth-order valence-corrected chi connectivity index (χ4v) is 3.72. The summed E-state index contributed by atoms with van der Waals surface area (Å²) >= 11 is 6.15. The molecule has 4 rings (SSSR count). The van der Waals surface area contributed by atoms with Crippen LogP contribution in [0.5, 0.6) is 0 Å². The summed E-state index contributed by atoms with van der Waals surface area (Å²) in [6.07, 6.45) is 5.99. The van der Waals surface area contributed by atoms with Crippen molar-refractivity contribution in [3.05, 3.63) is 95.4 Å². The summed E-state index contributed by atoms with van der Waals surface area (Å²) in [6, 6.07) is 16.7. The third-order valence-electron chi connectivity index (χ3n) is 5.25. The van der Waals surface area contributed by atoms with Gasteiger partial charge >= 0.3 is 0 Å². The Hall–Kier alpha value is -4.90. The lowest BCUT2D eigenvalue weighted by Gasteiger charge is -2.18. The molecular weight excluding hydrogens is 508 g/mol. The molecule has 0 spiro atoms.